The molecule has 1 rings (SSSR count). The Kier molecular flexibility index (Phi) is 3.03. The van der Waals surface area contributed by atoms with Crippen LogP contribution in [-0.2, 0) is 6.54 Å². The Bertz CT molecular complexity index is 277. The van der Waals surface area contributed by atoms with Gasteiger partial charge in [-0.25, -0.2) is 0 Å². The molecule has 0 unspecified atom stereocenters. The van der Waals surface area contributed by atoms with Crippen molar-refractivity contribution in [1.82, 2.24) is 14.8 Å². The topological polar surface area (TPSA) is 56.7 Å². The van der Waals surface area contributed by atoms with Gasteiger partial charge in [-0.15, -0.1) is 10.2 Å². The molecule has 0 amide bonds. The van der Waals surface area contributed by atoms with Crippen LogP contribution >= 0.6 is 0 Å². The second kappa shape index (κ2) is 3.87. The molecule has 0 aliphatic rings. The van der Waals surface area contributed by atoms with Gasteiger partial charge in [0.1, 0.15) is 11.6 Å². The molecule has 1 atom stereocenters. The first-order valence-corrected chi connectivity index (χ1v) is 4.73. The molecule has 1 heterocycles. The zero-order chi connectivity index (χ0) is 10.0. The van der Waals surface area contributed by atoms with Crippen molar-refractivity contribution in [1.29, 1.82) is 0 Å². The zero-order valence-electron chi connectivity index (χ0n) is 8.78. The zero-order valence-corrected chi connectivity index (χ0v) is 8.78. The summed E-state index contributed by atoms with van der Waals surface area (Å²) in [5.74, 6) is 2.23. The van der Waals surface area contributed by atoms with E-state index in [4.69, 9.17) is 5.73 Å². The van der Waals surface area contributed by atoms with Crippen LogP contribution in [0.15, 0.2) is 0 Å². The maximum absolute atomic E-state index is 6.00. The quantitative estimate of drug-likeness (QED) is 0.765. The smallest absolute Gasteiger partial charge is 0.150 e. The average molecular weight is 182 g/mol. The van der Waals surface area contributed by atoms with E-state index in [0.29, 0.717) is 5.92 Å². The molecule has 74 valence electrons. The van der Waals surface area contributed by atoms with Crippen molar-refractivity contribution in [3.05, 3.63) is 11.6 Å². The van der Waals surface area contributed by atoms with E-state index in [0.717, 1.165) is 18.2 Å². The third kappa shape index (κ3) is 1.88. The lowest BCUT2D eigenvalue weighted by molar-refractivity contribution is 0.467. The highest BCUT2D eigenvalue weighted by molar-refractivity contribution is 5.00. The monoisotopic (exact) mass is 182 g/mol. The largest absolute Gasteiger partial charge is 0.321 e. The van der Waals surface area contributed by atoms with Gasteiger partial charge in [0.15, 0.2) is 0 Å². The van der Waals surface area contributed by atoms with Crippen molar-refractivity contribution >= 4 is 0 Å². The standard InChI is InChI=1S/C9H18N4/c1-5-13-7(4)11-12-9(13)8(10)6(2)3/h6,8H,5,10H2,1-4H3/t8-/m1/s1. The molecular weight excluding hydrogens is 164 g/mol. The molecule has 0 radical (unpaired) electrons. The number of hydrogen-bond acceptors (Lipinski definition) is 3. The Labute approximate surface area is 79.2 Å². The van der Waals surface area contributed by atoms with Crippen molar-refractivity contribution in [3.8, 4) is 0 Å². The van der Waals surface area contributed by atoms with Crippen LogP contribution in [0.1, 0.15) is 38.5 Å². The first-order chi connectivity index (χ1) is 6.07. The van der Waals surface area contributed by atoms with Gasteiger partial charge in [0, 0.05) is 6.54 Å². The Morgan fingerprint density at radius 2 is 2.00 bits per heavy atom. The average Bonchev–Trinajstić information content (AvgIpc) is 2.45. The van der Waals surface area contributed by atoms with E-state index in [1.165, 1.54) is 0 Å². The van der Waals surface area contributed by atoms with Crippen LogP contribution in [0.4, 0.5) is 0 Å². The van der Waals surface area contributed by atoms with E-state index in [1.54, 1.807) is 0 Å². The normalized spacial score (nSPS) is 13.7. The summed E-state index contributed by atoms with van der Waals surface area (Å²) in [6.07, 6.45) is 0. The highest BCUT2D eigenvalue weighted by Gasteiger charge is 2.17. The molecule has 0 aliphatic carbocycles. The molecule has 0 bridgehead atoms. The molecule has 0 spiro atoms. The third-order valence-electron chi connectivity index (χ3n) is 2.30. The molecule has 0 aliphatic heterocycles. The number of rotatable bonds is 3. The minimum absolute atomic E-state index is 0.0128. The van der Waals surface area contributed by atoms with Gasteiger partial charge < -0.3 is 10.3 Å². The lowest BCUT2D eigenvalue weighted by atomic mass is 10.1. The summed E-state index contributed by atoms with van der Waals surface area (Å²) in [7, 11) is 0. The van der Waals surface area contributed by atoms with Gasteiger partial charge in [0.2, 0.25) is 0 Å². The van der Waals surface area contributed by atoms with E-state index in [9.17, 15) is 0 Å². The lowest BCUT2D eigenvalue weighted by Gasteiger charge is -2.15. The summed E-state index contributed by atoms with van der Waals surface area (Å²) in [4.78, 5) is 0. The first-order valence-electron chi connectivity index (χ1n) is 4.73. The summed E-state index contributed by atoms with van der Waals surface area (Å²) < 4.78 is 2.06. The predicted octanol–water partition coefficient (Wildman–Crippen LogP) is 1.26. The van der Waals surface area contributed by atoms with Gasteiger partial charge >= 0.3 is 0 Å². The van der Waals surface area contributed by atoms with E-state index in [1.807, 2.05) is 6.92 Å². The molecular formula is C9H18N4. The summed E-state index contributed by atoms with van der Waals surface area (Å²) >= 11 is 0. The van der Waals surface area contributed by atoms with Crippen LogP contribution in [0.2, 0.25) is 0 Å². The SMILES string of the molecule is CCn1c(C)nnc1[C@H](N)C(C)C. The third-order valence-corrected chi connectivity index (χ3v) is 2.30. The van der Waals surface area contributed by atoms with Crippen molar-refractivity contribution in [2.24, 2.45) is 11.7 Å². The van der Waals surface area contributed by atoms with Gasteiger partial charge in [-0.3, -0.25) is 0 Å². The van der Waals surface area contributed by atoms with Crippen molar-refractivity contribution < 1.29 is 0 Å². The van der Waals surface area contributed by atoms with E-state index >= 15 is 0 Å². The van der Waals surface area contributed by atoms with Crippen LogP contribution in [0.3, 0.4) is 0 Å². The minimum Gasteiger partial charge on any atom is -0.321 e. The summed E-state index contributed by atoms with van der Waals surface area (Å²) in [6, 6.07) is -0.0128. The fourth-order valence-corrected chi connectivity index (χ4v) is 1.33. The van der Waals surface area contributed by atoms with Crippen LogP contribution in [0.25, 0.3) is 0 Å². The van der Waals surface area contributed by atoms with Crippen molar-refractivity contribution in [2.45, 2.75) is 40.3 Å². The number of aromatic nitrogens is 3. The second-order valence-electron chi connectivity index (χ2n) is 3.62. The molecule has 1 aromatic rings. The summed E-state index contributed by atoms with van der Waals surface area (Å²) in [6.45, 7) is 9.10. The number of nitrogens with zero attached hydrogens (tertiary/aromatic N) is 3. The Hall–Kier alpha value is -0.900. The van der Waals surface area contributed by atoms with Gasteiger partial charge in [-0.2, -0.15) is 0 Å². The van der Waals surface area contributed by atoms with E-state index < -0.39 is 0 Å². The lowest BCUT2D eigenvalue weighted by Crippen LogP contribution is -2.21. The fourth-order valence-electron chi connectivity index (χ4n) is 1.33. The Balaban J connectivity index is 3.00. The van der Waals surface area contributed by atoms with Crippen LogP contribution in [0, 0.1) is 12.8 Å². The second-order valence-corrected chi connectivity index (χ2v) is 3.62. The molecule has 0 saturated heterocycles. The highest BCUT2D eigenvalue weighted by atomic mass is 15.3. The van der Waals surface area contributed by atoms with Gasteiger partial charge in [-0.05, 0) is 19.8 Å². The molecule has 13 heavy (non-hydrogen) atoms. The van der Waals surface area contributed by atoms with Gasteiger partial charge in [0.25, 0.3) is 0 Å². The fraction of sp³-hybridized carbons (Fsp3) is 0.778. The molecule has 0 fully saturated rings. The molecule has 2 N–H and O–H groups in total. The minimum atomic E-state index is -0.0128. The summed E-state index contributed by atoms with van der Waals surface area (Å²) in [5.41, 5.74) is 6.00. The molecule has 0 saturated carbocycles. The Morgan fingerprint density at radius 3 is 2.46 bits per heavy atom. The molecule has 0 aromatic carbocycles. The number of hydrogen-bond donors (Lipinski definition) is 1. The Morgan fingerprint density at radius 1 is 1.38 bits per heavy atom. The van der Waals surface area contributed by atoms with Crippen LogP contribution in [0.5, 0.6) is 0 Å². The first kappa shape index (κ1) is 10.2. The summed E-state index contributed by atoms with van der Waals surface area (Å²) in [5, 5.41) is 8.12. The molecule has 1 aromatic heterocycles. The van der Waals surface area contributed by atoms with E-state index in [2.05, 4.69) is 35.5 Å². The van der Waals surface area contributed by atoms with Crippen LogP contribution in [-0.4, -0.2) is 14.8 Å². The highest BCUT2D eigenvalue weighted by Crippen LogP contribution is 2.17. The van der Waals surface area contributed by atoms with Gasteiger partial charge in [-0.1, -0.05) is 13.8 Å². The van der Waals surface area contributed by atoms with E-state index in [-0.39, 0.29) is 6.04 Å². The predicted molar refractivity (Wildman–Crippen MR) is 52.2 cm³/mol. The molecule has 4 nitrogen and oxygen atoms in total. The maximum Gasteiger partial charge on any atom is 0.150 e. The van der Waals surface area contributed by atoms with Crippen molar-refractivity contribution in [3.63, 3.8) is 0 Å². The maximum atomic E-state index is 6.00. The molecule has 4 heteroatoms. The van der Waals surface area contributed by atoms with Crippen molar-refractivity contribution in [2.75, 3.05) is 0 Å². The van der Waals surface area contributed by atoms with Gasteiger partial charge in [0.05, 0.1) is 6.04 Å². The number of aryl methyl sites for hydroxylation is 1. The number of nitrogens with two attached hydrogens (primary N) is 1. The van der Waals surface area contributed by atoms with Crippen LogP contribution < -0.4 is 5.73 Å².